The van der Waals surface area contributed by atoms with Crippen LogP contribution in [0.1, 0.15) is 35.8 Å². The number of benzene rings is 1. The molecule has 2 aliphatic heterocycles. The first-order valence-electron chi connectivity index (χ1n) is 13.7. The number of fused-ring (bicyclic) bond motifs is 7. The van der Waals surface area contributed by atoms with Crippen LogP contribution in [0.15, 0.2) is 40.9 Å². The molecule has 1 saturated heterocycles. The van der Waals surface area contributed by atoms with E-state index in [1.54, 1.807) is 23.0 Å². The lowest BCUT2D eigenvalue weighted by atomic mass is 10.1. The second-order valence-corrected chi connectivity index (χ2v) is 13.2. The van der Waals surface area contributed by atoms with Gasteiger partial charge in [-0.3, -0.25) is 15.1 Å². The van der Waals surface area contributed by atoms with E-state index in [0.29, 0.717) is 72.2 Å². The first kappa shape index (κ1) is 26.5. The van der Waals surface area contributed by atoms with Crippen molar-refractivity contribution in [1.82, 2.24) is 29.6 Å². The Balaban J connectivity index is 1.43. The number of anilines is 1. The average molecular weight is 563 g/mol. The van der Waals surface area contributed by atoms with E-state index in [2.05, 4.69) is 32.0 Å². The van der Waals surface area contributed by atoms with E-state index < -0.39 is 9.73 Å². The molecule has 5 heterocycles. The Morgan fingerprint density at radius 1 is 1.15 bits per heavy atom. The summed E-state index contributed by atoms with van der Waals surface area (Å²) in [5.74, 6) is 2.18. The van der Waals surface area contributed by atoms with Gasteiger partial charge in [0.05, 0.1) is 50.5 Å². The van der Waals surface area contributed by atoms with Crippen molar-refractivity contribution < 1.29 is 13.7 Å². The number of ether oxygens (including phenoxy) is 1. The highest BCUT2D eigenvalue weighted by Crippen LogP contribution is 2.31. The molecule has 2 N–H and O–H groups in total. The van der Waals surface area contributed by atoms with Gasteiger partial charge in [-0.15, -0.1) is 0 Å². The zero-order chi connectivity index (χ0) is 27.9. The first-order valence-corrected chi connectivity index (χ1v) is 15.5. The molecule has 1 atom stereocenters. The molecule has 1 unspecified atom stereocenters. The van der Waals surface area contributed by atoms with Gasteiger partial charge in [-0.2, -0.15) is 9.46 Å². The second kappa shape index (κ2) is 10.7. The summed E-state index contributed by atoms with van der Waals surface area (Å²) < 4.78 is 27.8. The number of imidazole rings is 1. The quantitative estimate of drug-likeness (QED) is 0.360. The summed E-state index contributed by atoms with van der Waals surface area (Å²) >= 11 is 0. The van der Waals surface area contributed by atoms with Gasteiger partial charge in [-0.25, -0.2) is 13.9 Å². The Labute approximate surface area is 233 Å². The maximum atomic E-state index is 13.6. The molecule has 1 aromatic carbocycles. The number of hydrogen-bond acceptors (Lipinski definition) is 8. The summed E-state index contributed by atoms with van der Waals surface area (Å²) in [4.78, 5) is 23.0. The SMILES string of the molecule is Cc1cc2cc(n1)-c1cnn(C)c1OCCCC(C)Cn1c(nc3ccc(N=S4(=O)CCNCC4)cc31)NC2=O. The van der Waals surface area contributed by atoms with E-state index in [0.717, 1.165) is 29.4 Å². The number of pyridine rings is 1. The molecule has 6 rings (SSSR count). The number of carbonyl (C=O) groups is 1. The van der Waals surface area contributed by atoms with Crippen molar-refractivity contribution >= 4 is 38.3 Å². The lowest BCUT2D eigenvalue weighted by Crippen LogP contribution is -2.35. The number of rotatable bonds is 1. The standard InChI is InChI=1S/C28H34N8O3S/c1-18-5-4-10-39-27-22(16-30-35(27)3)24-14-20(13-19(2)31-24)26(37)33-28-32-23-7-6-21(15-25(23)36(28)17-18)34-40(38)11-8-29-9-12-40/h6-7,13-16,18,29H,4-5,8-12,17H2,1-3H3,(H,32,33,37). The van der Waals surface area contributed by atoms with Gasteiger partial charge in [0.2, 0.25) is 11.8 Å². The van der Waals surface area contributed by atoms with Gasteiger partial charge < -0.3 is 14.6 Å². The minimum atomic E-state index is -2.30. The molecule has 0 aliphatic carbocycles. The predicted octanol–water partition coefficient (Wildman–Crippen LogP) is 3.90. The third-order valence-electron chi connectivity index (χ3n) is 7.37. The Morgan fingerprint density at radius 2 is 1.98 bits per heavy atom. The maximum Gasteiger partial charge on any atom is 0.258 e. The second-order valence-electron chi connectivity index (χ2n) is 10.7. The van der Waals surface area contributed by atoms with E-state index in [1.807, 2.05) is 36.7 Å². The van der Waals surface area contributed by atoms with Crippen LogP contribution in [0.5, 0.6) is 5.88 Å². The topological polar surface area (TPSA) is 128 Å². The molecule has 1 fully saturated rings. The van der Waals surface area contributed by atoms with Crippen molar-refractivity contribution in [3.05, 3.63) is 47.8 Å². The Bertz CT molecular complexity index is 1700. The van der Waals surface area contributed by atoms with E-state index in [4.69, 9.17) is 9.72 Å². The van der Waals surface area contributed by atoms with Gasteiger partial charge in [0.1, 0.15) is 0 Å². The average Bonchev–Trinajstić information content (AvgIpc) is 3.45. The van der Waals surface area contributed by atoms with Crippen LogP contribution in [0.25, 0.3) is 22.3 Å². The Hall–Kier alpha value is -3.77. The fourth-order valence-electron chi connectivity index (χ4n) is 5.31. The summed E-state index contributed by atoms with van der Waals surface area (Å²) in [5.41, 5.74) is 4.83. The van der Waals surface area contributed by atoms with Crippen molar-refractivity contribution in [3.8, 4) is 17.1 Å². The molecule has 2 bridgehead atoms. The van der Waals surface area contributed by atoms with Crippen LogP contribution in [0.3, 0.4) is 0 Å². The van der Waals surface area contributed by atoms with Crippen LogP contribution in [0.2, 0.25) is 0 Å². The van der Waals surface area contributed by atoms with Crippen LogP contribution in [0.4, 0.5) is 11.6 Å². The highest BCUT2D eigenvalue weighted by Gasteiger charge is 2.21. The molecule has 0 spiro atoms. The molecule has 1 amide bonds. The molecular weight excluding hydrogens is 528 g/mol. The first-order chi connectivity index (χ1) is 19.3. The number of aryl methyl sites for hydroxylation is 2. The van der Waals surface area contributed by atoms with Crippen molar-refractivity contribution in [2.45, 2.75) is 33.2 Å². The zero-order valence-corrected chi connectivity index (χ0v) is 23.8. The third kappa shape index (κ3) is 5.33. The van der Waals surface area contributed by atoms with Crippen LogP contribution < -0.4 is 15.4 Å². The van der Waals surface area contributed by atoms with Crippen molar-refractivity contribution in [1.29, 1.82) is 0 Å². The van der Waals surface area contributed by atoms with Gasteiger partial charge in [0, 0.05) is 49.4 Å². The number of nitrogens with one attached hydrogen (secondary N) is 2. The summed E-state index contributed by atoms with van der Waals surface area (Å²) in [6.07, 6.45) is 3.48. The fourth-order valence-corrected chi connectivity index (χ4v) is 7.12. The van der Waals surface area contributed by atoms with Crippen LogP contribution in [-0.2, 0) is 23.3 Å². The summed E-state index contributed by atoms with van der Waals surface area (Å²) in [5, 5.41) is 10.7. The monoisotopic (exact) mass is 562 g/mol. The molecular formula is C28H34N8O3S. The molecule has 11 nitrogen and oxygen atoms in total. The zero-order valence-electron chi connectivity index (χ0n) is 23.0. The number of aromatic nitrogens is 5. The van der Waals surface area contributed by atoms with E-state index in [1.165, 1.54) is 0 Å². The normalized spacial score (nSPS) is 19.5. The summed E-state index contributed by atoms with van der Waals surface area (Å²) in [6, 6.07) is 9.20. The fraction of sp³-hybridized carbons (Fsp3) is 0.429. The van der Waals surface area contributed by atoms with Gasteiger partial charge in [0.15, 0.2) is 0 Å². The van der Waals surface area contributed by atoms with Gasteiger partial charge in [-0.1, -0.05) is 6.92 Å². The van der Waals surface area contributed by atoms with Gasteiger partial charge in [-0.05, 0) is 56.0 Å². The van der Waals surface area contributed by atoms with E-state index in [9.17, 15) is 9.00 Å². The molecule has 40 heavy (non-hydrogen) atoms. The van der Waals surface area contributed by atoms with Crippen LogP contribution in [-0.4, -0.2) is 65.6 Å². The Kier molecular flexibility index (Phi) is 7.05. The number of hydrogen-bond donors (Lipinski definition) is 2. The number of amides is 1. The van der Waals surface area contributed by atoms with E-state index >= 15 is 0 Å². The van der Waals surface area contributed by atoms with Crippen molar-refractivity contribution in [2.24, 2.45) is 17.3 Å². The van der Waals surface area contributed by atoms with Crippen molar-refractivity contribution in [2.75, 3.05) is 36.5 Å². The minimum Gasteiger partial charge on any atom is -0.477 e. The lowest BCUT2D eigenvalue weighted by molar-refractivity contribution is 0.102. The highest BCUT2D eigenvalue weighted by molar-refractivity contribution is 7.93. The molecule has 0 radical (unpaired) electrons. The molecule has 12 heteroatoms. The molecule has 4 aromatic rings. The smallest absolute Gasteiger partial charge is 0.258 e. The minimum absolute atomic E-state index is 0.277. The van der Waals surface area contributed by atoms with Crippen LogP contribution >= 0.6 is 0 Å². The van der Waals surface area contributed by atoms with Crippen molar-refractivity contribution in [3.63, 3.8) is 0 Å². The Morgan fingerprint density at radius 3 is 2.80 bits per heavy atom. The number of nitrogens with zero attached hydrogens (tertiary/aromatic N) is 6. The third-order valence-corrected chi connectivity index (χ3v) is 9.60. The summed E-state index contributed by atoms with van der Waals surface area (Å²) in [6.45, 7) is 6.64. The van der Waals surface area contributed by atoms with Crippen LogP contribution in [0, 0.1) is 12.8 Å². The molecule has 0 saturated carbocycles. The molecule has 210 valence electrons. The molecule has 3 aromatic heterocycles. The largest absolute Gasteiger partial charge is 0.477 e. The predicted molar refractivity (Wildman–Crippen MR) is 156 cm³/mol. The van der Waals surface area contributed by atoms with E-state index in [-0.39, 0.29) is 11.8 Å². The summed E-state index contributed by atoms with van der Waals surface area (Å²) in [7, 11) is -0.459. The molecule has 2 aliphatic rings. The highest BCUT2D eigenvalue weighted by atomic mass is 32.2. The van der Waals surface area contributed by atoms with Gasteiger partial charge in [0.25, 0.3) is 5.91 Å². The maximum absolute atomic E-state index is 13.6. The number of carbonyl (C=O) groups excluding carboxylic acids is 1. The van der Waals surface area contributed by atoms with Gasteiger partial charge >= 0.3 is 0 Å². The lowest BCUT2D eigenvalue weighted by Gasteiger charge is -2.17.